The van der Waals surface area contributed by atoms with Gasteiger partial charge in [0.2, 0.25) is 0 Å². The van der Waals surface area contributed by atoms with E-state index in [1.54, 1.807) is 7.11 Å². The van der Waals surface area contributed by atoms with Crippen LogP contribution in [0.1, 0.15) is 50.8 Å². The predicted octanol–water partition coefficient (Wildman–Crippen LogP) is 6.96. The molecule has 0 saturated carbocycles. The van der Waals surface area contributed by atoms with Crippen molar-refractivity contribution >= 4 is 44.3 Å². The molecular weight excluding hydrogens is 479 g/mol. The van der Waals surface area contributed by atoms with Gasteiger partial charge in [-0.15, -0.1) is 12.4 Å². The number of ether oxygens (including phenoxy) is 1. The summed E-state index contributed by atoms with van der Waals surface area (Å²) in [7, 11) is 1.71. The van der Waals surface area contributed by atoms with Crippen molar-refractivity contribution in [3.05, 3.63) is 38.9 Å². The molecule has 1 atom stereocenters. The number of likely N-dealkylation sites (tertiary alicyclic amines) is 1. The molecule has 0 spiro atoms. The van der Waals surface area contributed by atoms with Gasteiger partial charge >= 0.3 is 0 Å². The summed E-state index contributed by atoms with van der Waals surface area (Å²) in [5.74, 6) is 0.857. The molecule has 2 heterocycles. The van der Waals surface area contributed by atoms with Gasteiger partial charge in [-0.25, -0.2) is 0 Å². The first-order valence-electron chi connectivity index (χ1n) is 9.06. The van der Waals surface area contributed by atoms with E-state index in [1.807, 2.05) is 6.07 Å². The Labute approximate surface area is 179 Å². The fourth-order valence-electron chi connectivity index (χ4n) is 3.64. The number of nitrogens with one attached hydrogen (secondary N) is 1. The van der Waals surface area contributed by atoms with Crippen molar-refractivity contribution in [2.24, 2.45) is 0 Å². The predicted molar refractivity (Wildman–Crippen MR) is 119 cm³/mol. The standard InChI is InChI=1S/C20H26Br2N2O.ClH/c1-14(24-10-6-4-3-5-7-11-24)18-8-9-19(23-18)16-12-15(21)13-17(22)20(16)25-2;/h8-9,12-14,23H,3-7,10-11H2,1-2H3;1H. The molecule has 3 rings (SSSR count). The van der Waals surface area contributed by atoms with Crippen molar-refractivity contribution in [3.63, 3.8) is 0 Å². The molecule has 1 N–H and O–H groups in total. The van der Waals surface area contributed by atoms with Crippen LogP contribution in [-0.4, -0.2) is 30.1 Å². The van der Waals surface area contributed by atoms with Gasteiger partial charge in [0.1, 0.15) is 5.75 Å². The fraction of sp³-hybridized carbons (Fsp3) is 0.500. The van der Waals surface area contributed by atoms with Crippen molar-refractivity contribution in [2.45, 2.75) is 45.1 Å². The average molecular weight is 507 g/mol. The zero-order valence-corrected chi connectivity index (χ0v) is 19.3. The van der Waals surface area contributed by atoms with Crippen molar-refractivity contribution in [1.82, 2.24) is 9.88 Å². The van der Waals surface area contributed by atoms with E-state index < -0.39 is 0 Å². The Bertz CT molecular complexity index is 712. The van der Waals surface area contributed by atoms with Gasteiger partial charge in [-0.1, -0.05) is 35.2 Å². The molecular formula is C20H27Br2ClN2O. The highest BCUT2D eigenvalue weighted by molar-refractivity contribution is 9.11. The van der Waals surface area contributed by atoms with Gasteiger partial charge in [0, 0.05) is 27.5 Å². The minimum atomic E-state index is 0. The van der Waals surface area contributed by atoms with Crippen LogP contribution >= 0.6 is 44.3 Å². The van der Waals surface area contributed by atoms with Gasteiger partial charge in [0.05, 0.1) is 11.6 Å². The minimum absolute atomic E-state index is 0. The van der Waals surface area contributed by atoms with Crippen LogP contribution in [0.5, 0.6) is 5.75 Å². The topological polar surface area (TPSA) is 28.3 Å². The molecule has 0 aliphatic carbocycles. The first-order chi connectivity index (χ1) is 12.1. The van der Waals surface area contributed by atoms with Crippen LogP contribution in [0, 0.1) is 0 Å². The monoisotopic (exact) mass is 504 g/mol. The summed E-state index contributed by atoms with van der Waals surface area (Å²) in [5.41, 5.74) is 3.43. The summed E-state index contributed by atoms with van der Waals surface area (Å²) < 4.78 is 7.59. The number of halogens is 3. The first kappa shape index (κ1) is 21.8. The Hall–Kier alpha value is -0.490. The van der Waals surface area contributed by atoms with E-state index >= 15 is 0 Å². The lowest BCUT2D eigenvalue weighted by Crippen LogP contribution is -2.30. The number of rotatable bonds is 4. The molecule has 1 unspecified atom stereocenters. The van der Waals surface area contributed by atoms with Crippen LogP contribution in [0.3, 0.4) is 0 Å². The summed E-state index contributed by atoms with van der Waals surface area (Å²) >= 11 is 7.17. The van der Waals surface area contributed by atoms with Crippen molar-refractivity contribution in [1.29, 1.82) is 0 Å². The number of hydrogen-bond acceptors (Lipinski definition) is 2. The fourth-order valence-corrected chi connectivity index (χ4v) is 5.02. The van der Waals surface area contributed by atoms with Crippen molar-refractivity contribution < 1.29 is 4.74 Å². The molecule has 1 aliphatic heterocycles. The Morgan fingerprint density at radius 2 is 1.69 bits per heavy atom. The van der Waals surface area contributed by atoms with Crippen LogP contribution in [0.25, 0.3) is 11.3 Å². The second-order valence-corrected chi connectivity index (χ2v) is 8.55. The van der Waals surface area contributed by atoms with E-state index in [4.69, 9.17) is 4.74 Å². The maximum Gasteiger partial charge on any atom is 0.142 e. The van der Waals surface area contributed by atoms with Gasteiger partial charge in [-0.05, 0) is 73.1 Å². The van der Waals surface area contributed by atoms with Crippen LogP contribution in [0.15, 0.2) is 33.2 Å². The van der Waals surface area contributed by atoms with E-state index in [0.717, 1.165) is 26.0 Å². The molecule has 1 aromatic carbocycles. The molecule has 3 nitrogen and oxygen atoms in total. The van der Waals surface area contributed by atoms with E-state index in [2.05, 4.69) is 66.9 Å². The number of aromatic nitrogens is 1. The highest BCUT2D eigenvalue weighted by Gasteiger charge is 2.19. The SMILES string of the molecule is COc1c(Br)cc(Br)cc1-c1ccc(C(C)N2CCCCCCC2)[nH]1.Cl. The van der Waals surface area contributed by atoms with Crippen LogP contribution in [0.4, 0.5) is 0 Å². The quantitative estimate of drug-likeness (QED) is 0.485. The summed E-state index contributed by atoms with van der Waals surface area (Å²) in [5, 5.41) is 0. The van der Waals surface area contributed by atoms with Gasteiger partial charge in [0.25, 0.3) is 0 Å². The lowest BCUT2D eigenvalue weighted by Gasteiger charge is -2.30. The molecule has 0 bridgehead atoms. The van der Waals surface area contributed by atoms with Gasteiger partial charge in [0.15, 0.2) is 0 Å². The summed E-state index contributed by atoms with van der Waals surface area (Å²) in [4.78, 5) is 6.24. The number of H-pyrrole nitrogens is 1. The molecule has 0 amide bonds. The third kappa shape index (κ3) is 5.06. The molecule has 26 heavy (non-hydrogen) atoms. The zero-order chi connectivity index (χ0) is 17.8. The van der Waals surface area contributed by atoms with E-state index in [1.165, 1.54) is 50.9 Å². The van der Waals surface area contributed by atoms with Crippen molar-refractivity contribution in [2.75, 3.05) is 20.2 Å². The summed E-state index contributed by atoms with van der Waals surface area (Å²) in [6.45, 7) is 4.70. The van der Waals surface area contributed by atoms with Gasteiger partial charge in [-0.3, -0.25) is 4.90 Å². The minimum Gasteiger partial charge on any atom is -0.495 e. The third-order valence-corrected chi connectivity index (χ3v) is 6.15. The van der Waals surface area contributed by atoms with Crippen LogP contribution in [-0.2, 0) is 0 Å². The molecule has 2 aromatic rings. The maximum absolute atomic E-state index is 5.60. The van der Waals surface area contributed by atoms with Gasteiger partial charge < -0.3 is 9.72 Å². The van der Waals surface area contributed by atoms with E-state index in [9.17, 15) is 0 Å². The zero-order valence-electron chi connectivity index (χ0n) is 15.4. The third-order valence-electron chi connectivity index (χ3n) is 5.10. The molecule has 6 heteroatoms. The van der Waals surface area contributed by atoms with Crippen LogP contribution < -0.4 is 4.74 Å². The summed E-state index contributed by atoms with van der Waals surface area (Å²) in [6, 6.07) is 8.89. The normalized spacial score (nSPS) is 17.1. The average Bonchev–Trinajstić information content (AvgIpc) is 3.03. The molecule has 1 aromatic heterocycles. The highest BCUT2D eigenvalue weighted by Crippen LogP contribution is 2.39. The number of aromatic amines is 1. The Morgan fingerprint density at radius 3 is 2.35 bits per heavy atom. The van der Waals surface area contributed by atoms with Gasteiger partial charge in [-0.2, -0.15) is 0 Å². The molecule has 1 saturated heterocycles. The van der Waals surface area contributed by atoms with Crippen molar-refractivity contribution in [3.8, 4) is 17.0 Å². The lowest BCUT2D eigenvalue weighted by atomic mass is 10.1. The second kappa shape index (κ2) is 10.2. The lowest BCUT2D eigenvalue weighted by molar-refractivity contribution is 0.189. The number of hydrogen-bond donors (Lipinski definition) is 1. The Morgan fingerprint density at radius 1 is 1.04 bits per heavy atom. The second-order valence-electron chi connectivity index (χ2n) is 6.78. The smallest absolute Gasteiger partial charge is 0.142 e. The van der Waals surface area contributed by atoms with Crippen LogP contribution in [0.2, 0.25) is 0 Å². The number of nitrogens with zero attached hydrogens (tertiary/aromatic N) is 1. The molecule has 0 radical (unpaired) electrons. The Kier molecular flexibility index (Phi) is 8.52. The maximum atomic E-state index is 5.60. The van der Waals surface area contributed by atoms with E-state index in [-0.39, 0.29) is 12.4 Å². The largest absolute Gasteiger partial charge is 0.495 e. The first-order valence-corrected chi connectivity index (χ1v) is 10.6. The number of benzene rings is 1. The molecule has 144 valence electrons. The Balaban J connectivity index is 0.00000243. The highest BCUT2D eigenvalue weighted by atomic mass is 79.9. The number of methoxy groups -OCH3 is 1. The molecule has 1 aliphatic rings. The van der Waals surface area contributed by atoms with E-state index in [0.29, 0.717) is 6.04 Å². The summed E-state index contributed by atoms with van der Waals surface area (Å²) in [6.07, 6.45) is 6.74. The molecule has 1 fully saturated rings.